The molecular weight excluding hydrogens is 284 g/mol. The molecule has 0 aliphatic rings. The monoisotopic (exact) mass is 302 g/mol. The first kappa shape index (κ1) is 15.8. The second-order valence-corrected chi connectivity index (χ2v) is 4.95. The summed E-state index contributed by atoms with van der Waals surface area (Å²) in [4.78, 5) is 19.1. The largest absolute Gasteiger partial charge is 0.380 e. The molecule has 2 aromatic rings. The number of nitrogens with one attached hydrogen (secondary N) is 1. The molecule has 1 heterocycles. The van der Waals surface area contributed by atoms with Crippen LogP contribution in [0.4, 0.5) is 11.5 Å². The molecule has 0 aliphatic carbocycles. The molecule has 22 heavy (non-hydrogen) atoms. The van der Waals surface area contributed by atoms with Crippen LogP contribution in [0, 0.1) is 17.0 Å². The van der Waals surface area contributed by atoms with Gasteiger partial charge in [0.25, 0.3) is 5.69 Å². The van der Waals surface area contributed by atoms with Crippen LogP contribution in [0.2, 0.25) is 0 Å². The van der Waals surface area contributed by atoms with Crippen LogP contribution in [-0.4, -0.2) is 34.6 Å². The van der Waals surface area contributed by atoms with Gasteiger partial charge in [0.15, 0.2) is 5.82 Å². The quantitative estimate of drug-likeness (QED) is 0.652. The van der Waals surface area contributed by atoms with E-state index < -0.39 is 4.92 Å². The number of hydrogen-bond acceptors (Lipinski definition) is 6. The highest BCUT2D eigenvalue weighted by molar-refractivity contribution is 5.59. The van der Waals surface area contributed by atoms with E-state index in [1.165, 1.54) is 12.1 Å². The lowest BCUT2D eigenvalue weighted by Crippen LogP contribution is -2.19. The van der Waals surface area contributed by atoms with Crippen LogP contribution < -0.4 is 5.32 Å². The Kier molecular flexibility index (Phi) is 5.00. The SMILES string of the molecule is COC(C)CNc1cc(C)nc(-c2ccc([N+](=O)[O-])cc2)n1. The lowest BCUT2D eigenvalue weighted by molar-refractivity contribution is -0.384. The summed E-state index contributed by atoms with van der Waals surface area (Å²) in [5.74, 6) is 1.23. The van der Waals surface area contributed by atoms with E-state index in [2.05, 4.69) is 15.3 Å². The Hall–Kier alpha value is -2.54. The average Bonchev–Trinajstić information content (AvgIpc) is 2.52. The summed E-state index contributed by atoms with van der Waals surface area (Å²) in [5.41, 5.74) is 1.59. The zero-order valence-electron chi connectivity index (χ0n) is 12.7. The molecule has 1 atom stereocenters. The molecule has 0 saturated heterocycles. The predicted octanol–water partition coefficient (Wildman–Crippen LogP) is 2.81. The minimum absolute atomic E-state index is 0.0451. The zero-order chi connectivity index (χ0) is 16.1. The van der Waals surface area contributed by atoms with E-state index in [1.54, 1.807) is 19.2 Å². The third-order valence-corrected chi connectivity index (χ3v) is 3.16. The first-order valence-electron chi connectivity index (χ1n) is 6.87. The second-order valence-electron chi connectivity index (χ2n) is 4.95. The molecule has 1 unspecified atom stereocenters. The van der Waals surface area contributed by atoms with Gasteiger partial charge in [-0.2, -0.15) is 0 Å². The zero-order valence-corrected chi connectivity index (χ0v) is 12.7. The van der Waals surface area contributed by atoms with Crippen LogP contribution in [0.25, 0.3) is 11.4 Å². The van der Waals surface area contributed by atoms with Gasteiger partial charge < -0.3 is 10.1 Å². The Bertz CT molecular complexity index is 658. The van der Waals surface area contributed by atoms with Gasteiger partial charge in [-0.15, -0.1) is 0 Å². The Morgan fingerprint density at radius 2 is 2.00 bits per heavy atom. The number of ether oxygens (including phenoxy) is 1. The minimum Gasteiger partial charge on any atom is -0.380 e. The molecule has 1 aromatic carbocycles. The lowest BCUT2D eigenvalue weighted by atomic mass is 10.2. The summed E-state index contributed by atoms with van der Waals surface area (Å²) in [6.07, 6.45) is 0.0677. The van der Waals surface area contributed by atoms with Crippen molar-refractivity contribution in [2.45, 2.75) is 20.0 Å². The van der Waals surface area contributed by atoms with Crippen molar-refractivity contribution in [3.8, 4) is 11.4 Å². The number of hydrogen-bond donors (Lipinski definition) is 1. The van der Waals surface area contributed by atoms with Crippen molar-refractivity contribution in [1.29, 1.82) is 0 Å². The second kappa shape index (κ2) is 6.95. The highest BCUT2D eigenvalue weighted by atomic mass is 16.6. The topological polar surface area (TPSA) is 90.2 Å². The molecule has 0 bridgehead atoms. The highest BCUT2D eigenvalue weighted by Gasteiger charge is 2.09. The first-order chi connectivity index (χ1) is 10.5. The molecule has 0 aliphatic heterocycles. The third-order valence-electron chi connectivity index (χ3n) is 3.16. The summed E-state index contributed by atoms with van der Waals surface area (Å²) in [5, 5.41) is 13.9. The molecule has 0 radical (unpaired) electrons. The van der Waals surface area contributed by atoms with Crippen molar-refractivity contribution >= 4 is 11.5 Å². The van der Waals surface area contributed by atoms with Crippen molar-refractivity contribution < 1.29 is 9.66 Å². The molecule has 0 saturated carbocycles. The fourth-order valence-corrected chi connectivity index (χ4v) is 1.85. The van der Waals surface area contributed by atoms with Gasteiger partial charge in [-0.3, -0.25) is 10.1 Å². The summed E-state index contributed by atoms with van der Waals surface area (Å²) in [7, 11) is 1.65. The van der Waals surface area contributed by atoms with Gasteiger partial charge in [-0.05, 0) is 26.0 Å². The number of aryl methyl sites for hydroxylation is 1. The van der Waals surface area contributed by atoms with E-state index in [-0.39, 0.29) is 11.8 Å². The Balaban J connectivity index is 2.23. The Morgan fingerprint density at radius 3 is 2.59 bits per heavy atom. The molecule has 0 spiro atoms. The van der Waals surface area contributed by atoms with E-state index in [1.807, 2.05) is 19.9 Å². The van der Waals surface area contributed by atoms with Crippen LogP contribution in [0.15, 0.2) is 30.3 Å². The van der Waals surface area contributed by atoms with Crippen molar-refractivity contribution in [1.82, 2.24) is 9.97 Å². The van der Waals surface area contributed by atoms with Crippen LogP contribution in [0.5, 0.6) is 0 Å². The van der Waals surface area contributed by atoms with Gasteiger partial charge in [-0.25, -0.2) is 9.97 Å². The summed E-state index contributed by atoms with van der Waals surface area (Å²) in [6, 6.07) is 8.03. The van der Waals surface area contributed by atoms with Crippen molar-refractivity contribution in [3.05, 3.63) is 46.1 Å². The molecule has 7 heteroatoms. The van der Waals surface area contributed by atoms with Gasteiger partial charge in [0, 0.05) is 43.1 Å². The highest BCUT2D eigenvalue weighted by Crippen LogP contribution is 2.21. The molecule has 7 nitrogen and oxygen atoms in total. The molecule has 1 aromatic heterocycles. The number of non-ortho nitro benzene ring substituents is 1. The number of nitro benzene ring substituents is 1. The van der Waals surface area contributed by atoms with E-state index >= 15 is 0 Å². The number of benzene rings is 1. The molecule has 116 valence electrons. The number of anilines is 1. The fourth-order valence-electron chi connectivity index (χ4n) is 1.85. The number of aromatic nitrogens is 2. The van der Waals surface area contributed by atoms with Crippen molar-refractivity contribution in [2.24, 2.45) is 0 Å². The maximum Gasteiger partial charge on any atom is 0.269 e. The standard InChI is InChI=1S/C15H18N4O3/c1-10-8-14(16-9-11(2)22-3)18-15(17-10)12-4-6-13(7-5-12)19(20)21/h4-8,11H,9H2,1-3H3,(H,16,17,18). The molecule has 0 amide bonds. The lowest BCUT2D eigenvalue weighted by Gasteiger charge is -2.12. The average molecular weight is 302 g/mol. The minimum atomic E-state index is -0.431. The summed E-state index contributed by atoms with van der Waals surface area (Å²) >= 11 is 0. The number of rotatable bonds is 6. The maximum atomic E-state index is 10.7. The van der Waals surface area contributed by atoms with Gasteiger partial charge in [-0.1, -0.05) is 0 Å². The van der Waals surface area contributed by atoms with Crippen LogP contribution in [0.3, 0.4) is 0 Å². The van der Waals surface area contributed by atoms with Crippen LogP contribution in [-0.2, 0) is 4.74 Å². The van der Waals surface area contributed by atoms with Gasteiger partial charge in [0.1, 0.15) is 5.82 Å². The van der Waals surface area contributed by atoms with E-state index in [4.69, 9.17) is 4.74 Å². The normalized spacial score (nSPS) is 12.0. The fraction of sp³-hybridized carbons (Fsp3) is 0.333. The number of nitro groups is 1. The third kappa shape index (κ3) is 3.98. The smallest absolute Gasteiger partial charge is 0.269 e. The number of methoxy groups -OCH3 is 1. The molecule has 2 rings (SSSR count). The van der Waals surface area contributed by atoms with E-state index in [9.17, 15) is 10.1 Å². The predicted molar refractivity (Wildman–Crippen MR) is 83.8 cm³/mol. The molecule has 0 fully saturated rings. The van der Waals surface area contributed by atoms with Crippen LogP contribution >= 0.6 is 0 Å². The van der Waals surface area contributed by atoms with E-state index in [0.29, 0.717) is 18.2 Å². The summed E-state index contributed by atoms with van der Waals surface area (Å²) in [6.45, 7) is 4.46. The molecule has 1 N–H and O–H groups in total. The van der Waals surface area contributed by atoms with Gasteiger partial charge in [0.05, 0.1) is 11.0 Å². The Labute approximate surface area is 128 Å². The van der Waals surface area contributed by atoms with Gasteiger partial charge in [0.2, 0.25) is 0 Å². The maximum absolute atomic E-state index is 10.7. The van der Waals surface area contributed by atoms with Crippen molar-refractivity contribution in [2.75, 3.05) is 19.0 Å². The molecular formula is C15H18N4O3. The van der Waals surface area contributed by atoms with E-state index in [0.717, 1.165) is 11.3 Å². The van der Waals surface area contributed by atoms with Crippen molar-refractivity contribution in [3.63, 3.8) is 0 Å². The van der Waals surface area contributed by atoms with Crippen LogP contribution in [0.1, 0.15) is 12.6 Å². The summed E-state index contributed by atoms with van der Waals surface area (Å²) < 4.78 is 5.18. The van der Waals surface area contributed by atoms with Gasteiger partial charge >= 0.3 is 0 Å². The Morgan fingerprint density at radius 1 is 1.32 bits per heavy atom. The number of nitrogens with zero attached hydrogens (tertiary/aromatic N) is 3. The first-order valence-corrected chi connectivity index (χ1v) is 6.87.